The molecule has 4 rings (SSSR count). The molecule has 1 saturated carbocycles. The van der Waals surface area contributed by atoms with Crippen molar-refractivity contribution in [3.8, 4) is 28.6 Å². The van der Waals surface area contributed by atoms with E-state index in [1.54, 1.807) is 12.1 Å². The molecule has 1 fully saturated rings. The number of benzene rings is 2. The van der Waals surface area contributed by atoms with Gasteiger partial charge in [0.15, 0.2) is 5.82 Å². The second-order valence-corrected chi connectivity index (χ2v) is 10.6. The summed E-state index contributed by atoms with van der Waals surface area (Å²) in [5.74, 6) is 2.35. The van der Waals surface area contributed by atoms with E-state index in [-0.39, 0.29) is 0 Å². The highest BCUT2D eigenvalue weighted by Gasteiger charge is 2.22. The van der Waals surface area contributed by atoms with Crippen molar-refractivity contribution in [2.45, 2.75) is 96.3 Å². The van der Waals surface area contributed by atoms with Gasteiger partial charge in [0.2, 0.25) is 0 Å². The maximum Gasteiger partial charge on any atom is 0.159 e. The fourth-order valence-corrected chi connectivity index (χ4v) is 5.62. The van der Waals surface area contributed by atoms with Crippen molar-refractivity contribution < 1.29 is 0 Å². The molecule has 3 heteroatoms. The summed E-state index contributed by atoms with van der Waals surface area (Å²) in [7, 11) is 0. The summed E-state index contributed by atoms with van der Waals surface area (Å²) >= 11 is 0. The molecular formula is C33H41N3. The molecule has 2 aromatic carbocycles. The molecule has 0 spiro atoms. The van der Waals surface area contributed by atoms with E-state index >= 15 is 0 Å². The SMILES string of the molecule is CCCCCCCCCC[C@H]1CC[C@H](c2ccc(-c3cnc(-c4ccc(C#N)cc4)nc3)cc2)CC1. The molecule has 3 nitrogen and oxygen atoms in total. The van der Waals surface area contributed by atoms with Gasteiger partial charge in [0.1, 0.15) is 0 Å². The van der Waals surface area contributed by atoms with Crippen LogP contribution in [-0.4, -0.2) is 9.97 Å². The van der Waals surface area contributed by atoms with Gasteiger partial charge in [-0.1, -0.05) is 89.0 Å². The number of aromatic nitrogens is 2. The molecule has 0 aliphatic heterocycles. The van der Waals surface area contributed by atoms with E-state index in [2.05, 4.69) is 47.2 Å². The van der Waals surface area contributed by atoms with Gasteiger partial charge in [0, 0.05) is 23.5 Å². The molecule has 0 radical (unpaired) electrons. The largest absolute Gasteiger partial charge is 0.236 e. The van der Waals surface area contributed by atoms with E-state index in [0.717, 1.165) is 22.6 Å². The zero-order valence-corrected chi connectivity index (χ0v) is 22.0. The van der Waals surface area contributed by atoms with Crippen molar-refractivity contribution in [3.63, 3.8) is 0 Å². The topological polar surface area (TPSA) is 49.6 Å². The van der Waals surface area contributed by atoms with Gasteiger partial charge in [-0.25, -0.2) is 9.97 Å². The van der Waals surface area contributed by atoms with E-state index in [1.807, 2.05) is 24.5 Å². The summed E-state index contributed by atoms with van der Waals surface area (Å²) in [6.45, 7) is 2.29. The van der Waals surface area contributed by atoms with E-state index in [0.29, 0.717) is 17.3 Å². The number of hydrogen-bond donors (Lipinski definition) is 0. The van der Waals surface area contributed by atoms with Crippen molar-refractivity contribution in [1.82, 2.24) is 9.97 Å². The van der Waals surface area contributed by atoms with E-state index in [4.69, 9.17) is 5.26 Å². The van der Waals surface area contributed by atoms with Crippen molar-refractivity contribution in [1.29, 1.82) is 5.26 Å². The van der Waals surface area contributed by atoms with Gasteiger partial charge < -0.3 is 0 Å². The highest BCUT2D eigenvalue weighted by atomic mass is 14.9. The Labute approximate surface area is 218 Å². The highest BCUT2D eigenvalue weighted by molar-refractivity contribution is 5.64. The lowest BCUT2D eigenvalue weighted by molar-refractivity contribution is 0.302. The summed E-state index contributed by atoms with van der Waals surface area (Å²) in [6.07, 6.45) is 22.1. The van der Waals surface area contributed by atoms with Crippen LogP contribution in [0.15, 0.2) is 60.9 Å². The molecule has 0 bridgehead atoms. The van der Waals surface area contributed by atoms with Gasteiger partial charge in [0.25, 0.3) is 0 Å². The minimum atomic E-state index is 0.646. The van der Waals surface area contributed by atoms with Crippen LogP contribution in [-0.2, 0) is 0 Å². The Morgan fingerprint density at radius 2 is 1.28 bits per heavy atom. The van der Waals surface area contributed by atoms with Crippen LogP contribution in [0.5, 0.6) is 0 Å². The van der Waals surface area contributed by atoms with Crippen molar-refractivity contribution >= 4 is 0 Å². The Morgan fingerprint density at radius 3 is 1.89 bits per heavy atom. The third kappa shape index (κ3) is 7.50. The number of nitrogens with zero attached hydrogens (tertiary/aromatic N) is 3. The van der Waals surface area contributed by atoms with Crippen molar-refractivity contribution in [2.75, 3.05) is 0 Å². The predicted molar refractivity (Wildman–Crippen MR) is 150 cm³/mol. The fourth-order valence-electron chi connectivity index (χ4n) is 5.62. The van der Waals surface area contributed by atoms with Gasteiger partial charge in [-0.2, -0.15) is 5.26 Å². The maximum atomic E-state index is 8.97. The molecule has 0 saturated heterocycles. The number of hydrogen-bond acceptors (Lipinski definition) is 3. The summed E-state index contributed by atoms with van der Waals surface area (Å²) in [6, 6.07) is 18.6. The van der Waals surface area contributed by atoms with Crippen LogP contribution in [0.1, 0.15) is 107 Å². The smallest absolute Gasteiger partial charge is 0.159 e. The van der Waals surface area contributed by atoms with Gasteiger partial charge >= 0.3 is 0 Å². The minimum Gasteiger partial charge on any atom is -0.236 e. The van der Waals surface area contributed by atoms with Crippen LogP contribution in [0.2, 0.25) is 0 Å². The highest BCUT2D eigenvalue weighted by Crippen LogP contribution is 2.38. The number of unbranched alkanes of at least 4 members (excludes halogenated alkanes) is 7. The first-order valence-electron chi connectivity index (χ1n) is 14.2. The molecule has 1 aliphatic carbocycles. The fraction of sp³-hybridized carbons (Fsp3) is 0.485. The maximum absolute atomic E-state index is 8.97. The summed E-state index contributed by atoms with van der Waals surface area (Å²) < 4.78 is 0. The molecule has 36 heavy (non-hydrogen) atoms. The first-order chi connectivity index (χ1) is 17.8. The van der Waals surface area contributed by atoms with Crippen molar-refractivity contribution in [2.24, 2.45) is 5.92 Å². The van der Waals surface area contributed by atoms with Crippen LogP contribution < -0.4 is 0 Å². The van der Waals surface area contributed by atoms with Gasteiger partial charge in [0.05, 0.1) is 11.6 Å². The molecule has 0 unspecified atom stereocenters. The summed E-state index contributed by atoms with van der Waals surface area (Å²) in [5.41, 5.74) is 5.25. The molecule has 188 valence electrons. The standard InChI is InChI=1S/C33H41N3/c1-2-3-4-5-6-7-8-9-10-26-11-15-28(16-12-26)29-19-21-30(22-20-29)32-24-35-33(36-25-32)31-17-13-27(23-34)14-18-31/h13-14,17-22,24-26,28H,2-12,15-16H2,1H3/t26-,28-. The Bertz CT molecular complexity index is 1070. The van der Waals surface area contributed by atoms with Crippen LogP contribution in [0.4, 0.5) is 0 Å². The van der Waals surface area contributed by atoms with Crippen LogP contribution in [0, 0.1) is 17.2 Å². The van der Waals surface area contributed by atoms with Gasteiger partial charge in [-0.05, 0) is 72.9 Å². The summed E-state index contributed by atoms with van der Waals surface area (Å²) in [5, 5.41) is 8.97. The van der Waals surface area contributed by atoms with Crippen LogP contribution >= 0.6 is 0 Å². The molecule has 1 aliphatic rings. The first-order valence-corrected chi connectivity index (χ1v) is 14.2. The van der Waals surface area contributed by atoms with Crippen LogP contribution in [0.25, 0.3) is 22.5 Å². The predicted octanol–water partition coefficient (Wildman–Crippen LogP) is 9.49. The Morgan fingerprint density at radius 1 is 0.694 bits per heavy atom. The minimum absolute atomic E-state index is 0.646. The van der Waals surface area contributed by atoms with Crippen molar-refractivity contribution in [3.05, 3.63) is 72.1 Å². The molecule has 1 heterocycles. The quantitative estimate of drug-likeness (QED) is 0.243. The Kier molecular flexibility index (Phi) is 10.1. The Hall–Kier alpha value is -2.99. The lowest BCUT2D eigenvalue weighted by atomic mass is 9.77. The van der Waals surface area contributed by atoms with E-state index in [9.17, 15) is 0 Å². The van der Waals surface area contributed by atoms with E-state index < -0.39 is 0 Å². The average Bonchev–Trinajstić information content (AvgIpc) is 2.95. The molecule has 0 amide bonds. The Balaban J connectivity index is 1.21. The molecule has 3 aromatic rings. The zero-order chi connectivity index (χ0) is 25.0. The van der Waals surface area contributed by atoms with Crippen LogP contribution in [0.3, 0.4) is 0 Å². The first kappa shape index (κ1) is 26.1. The number of rotatable bonds is 12. The number of nitriles is 1. The molecule has 1 aromatic heterocycles. The third-order valence-corrected chi connectivity index (χ3v) is 7.95. The van der Waals surface area contributed by atoms with Gasteiger partial charge in [-0.3, -0.25) is 0 Å². The van der Waals surface area contributed by atoms with Gasteiger partial charge in [-0.15, -0.1) is 0 Å². The lowest BCUT2D eigenvalue weighted by Gasteiger charge is -2.29. The van der Waals surface area contributed by atoms with E-state index in [1.165, 1.54) is 89.0 Å². The summed E-state index contributed by atoms with van der Waals surface area (Å²) in [4.78, 5) is 9.12. The second kappa shape index (κ2) is 13.9. The third-order valence-electron chi connectivity index (χ3n) is 7.95. The zero-order valence-electron chi connectivity index (χ0n) is 22.0. The monoisotopic (exact) mass is 479 g/mol. The second-order valence-electron chi connectivity index (χ2n) is 10.6. The lowest BCUT2D eigenvalue weighted by Crippen LogP contribution is -2.13. The molecule has 0 atom stereocenters. The molecule has 0 N–H and O–H groups in total. The normalized spacial score (nSPS) is 17.6. The molecular weight excluding hydrogens is 438 g/mol. The average molecular weight is 480 g/mol.